The van der Waals surface area contributed by atoms with Crippen LogP contribution < -0.4 is 0 Å². The van der Waals surface area contributed by atoms with E-state index in [1.807, 2.05) is 13.8 Å². The highest BCUT2D eigenvalue weighted by Crippen LogP contribution is 2.33. The average molecular weight is 429 g/mol. The molecule has 8 heteroatoms. The van der Waals surface area contributed by atoms with E-state index in [-0.39, 0.29) is 17.7 Å². The zero-order chi connectivity index (χ0) is 22.8. The van der Waals surface area contributed by atoms with Gasteiger partial charge in [-0.2, -0.15) is 0 Å². The molecule has 3 amide bonds. The first-order chi connectivity index (χ1) is 15.5. The van der Waals surface area contributed by atoms with Gasteiger partial charge >= 0.3 is 0 Å². The van der Waals surface area contributed by atoms with E-state index in [2.05, 4.69) is 15.0 Å². The summed E-state index contributed by atoms with van der Waals surface area (Å²) in [7, 11) is 0. The van der Waals surface area contributed by atoms with Crippen molar-refractivity contribution in [2.75, 3.05) is 13.1 Å². The van der Waals surface area contributed by atoms with Gasteiger partial charge in [-0.05, 0) is 45.0 Å². The van der Waals surface area contributed by atoms with Gasteiger partial charge in [0.25, 0.3) is 17.7 Å². The maximum absolute atomic E-state index is 12.9. The molecule has 1 unspecified atom stereocenters. The molecule has 1 atom stereocenters. The number of imide groups is 1. The fourth-order valence-electron chi connectivity index (χ4n) is 3.89. The van der Waals surface area contributed by atoms with E-state index >= 15 is 0 Å². The molecule has 0 saturated heterocycles. The van der Waals surface area contributed by atoms with Crippen molar-refractivity contribution in [3.8, 4) is 11.4 Å². The Morgan fingerprint density at radius 3 is 2.12 bits per heavy atom. The van der Waals surface area contributed by atoms with Crippen LogP contribution in [-0.4, -0.2) is 55.6 Å². The Hall–Kier alpha value is -3.94. The molecule has 0 radical (unpaired) electrons. The highest BCUT2D eigenvalue weighted by atomic mass is 16.2. The first kappa shape index (κ1) is 21.3. The summed E-state index contributed by atoms with van der Waals surface area (Å²) >= 11 is 0. The summed E-state index contributed by atoms with van der Waals surface area (Å²) in [6.45, 7) is 6.82. The third-order valence-electron chi connectivity index (χ3n) is 5.64. The van der Waals surface area contributed by atoms with Gasteiger partial charge in [0.05, 0.1) is 34.1 Å². The SMILES string of the molecule is CCN(CC)C(=O)c1ccc(-c2nccnc2C(C)N2C(=O)c3ccccc3C2=O)nc1. The molecule has 162 valence electrons. The van der Waals surface area contributed by atoms with E-state index in [4.69, 9.17) is 0 Å². The highest BCUT2D eigenvalue weighted by Gasteiger charge is 2.40. The van der Waals surface area contributed by atoms with E-state index in [0.717, 1.165) is 0 Å². The van der Waals surface area contributed by atoms with Crippen LogP contribution in [0.25, 0.3) is 11.4 Å². The van der Waals surface area contributed by atoms with Crippen molar-refractivity contribution in [1.29, 1.82) is 0 Å². The Balaban J connectivity index is 1.66. The van der Waals surface area contributed by atoms with Gasteiger partial charge in [-0.25, -0.2) is 0 Å². The Morgan fingerprint density at radius 2 is 1.56 bits per heavy atom. The number of hydrogen-bond donors (Lipinski definition) is 0. The maximum Gasteiger partial charge on any atom is 0.262 e. The lowest BCUT2D eigenvalue weighted by atomic mass is 10.1. The lowest BCUT2D eigenvalue weighted by Crippen LogP contribution is -2.33. The van der Waals surface area contributed by atoms with Gasteiger partial charge in [0.1, 0.15) is 5.69 Å². The van der Waals surface area contributed by atoms with Gasteiger partial charge < -0.3 is 4.90 Å². The largest absolute Gasteiger partial charge is 0.339 e. The second-order valence-corrected chi connectivity index (χ2v) is 7.40. The quantitative estimate of drug-likeness (QED) is 0.558. The third-order valence-corrected chi connectivity index (χ3v) is 5.64. The molecule has 2 aromatic heterocycles. The van der Waals surface area contributed by atoms with E-state index < -0.39 is 6.04 Å². The topological polar surface area (TPSA) is 96.4 Å². The normalized spacial score (nSPS) is 13.8. The maximum atomic E-state index is 12.9. The van der Waals surface area contributed by atoms with Gasteiger partial charge in [-0.3, -0.25) is 34.2 Å². The molecule has 3 aromatic rings. The summed E-state index contributed by atoms with van der Waals surface area (Å²) in [5.74, 6) is -0.807. The number of rotatable bonds is 6. The number of amides is 3. The number of nitrogens with zero attached hydrogens (tertiary/aromatic N) is 5. The van der Waals surface area contributed by atoms with Crippen LogP contribution in [0.1, 0.15) is 63.6 Å². The summed E-state index contributed by atoms with van der Waals surface area (Å²) in [5, 5.41) is 0. The van der Waals surface area contributed by atoms with Crippen LogP contribution in [-0.2, 0) is 0 Å². The fourth-order valence-corrected chi connectivity index (χ4v) is 3.89. The molecule has 1 aliphatic rings. The van der Waals surface area contributed by atoms with Crippen LogP contribution >= 0.6 is 0 Å². The minimum Gasteiger partial charge on any atom is -0.339 e. The number of carbonyl (C=O) groups excluding carboxylic acids is 3. The Kier molecular flexibility index (Phi) is 5.77. The van der Waals surface area contributed by atoms with Crippen molar-refractivity contribution in [2.45, 2.75) is 26.8 Å². The second kappa shape index (κ2) is 8.66. The molecule has 3 heterocycles. The van der Waals surface area contributed by atoms with Gasteiger partial charge in [0.2, 0.25) is 0 Å². The van der Waals surface area contributed by atoms with E-state index in [1.54, 1.807) is 48.2 Å². The predicted molar refractivity (Wildman–Crippen MR) is 118 cm³/mol. The molecule has 1 aromatic carbocycles. The molecule has 4 rings (SSSR count). The number of aromatic nitrogens is 3. The summed E-state index contributed by atoms with van der Waals surface area (Å²) < 4.78 is 0. The Bertz CT molecular complexity index is 1150. The number of benzene rings is 1. The van der Waals surface area contributed by atoms with Gasteiger partial charge in [-0.15, -0.1) is 0 Å². The van der Waals surface area contributed by atoms with Crippen molar-refractivity contribution in [3.63, 3.8) is 0 Å². The number of hydrogen-bond acceptors (Lipinski definition) is 6. The summed E-state index contributed by atoms with van der Waals surface area (Å²) in [6.07, 6.45) is 4.57. The number of pyridine rings is 1. The van der Waals surface area contributed by atoms with E-state index in [9.17, 15) is 14.4 Å². The highest BCUT2D eigenvalue weighted by molar-refractivity contribution is 6.21. The fraction of sp³-hybridized carbons (Fsp3) is 0.250. The zero-order valence-corrected chi connectivity index (χ0v) is 18.1. The summed E-state index contributed by atoms with van der Waals surface area (Å²) in [4.78, 5) is 54.6. The van der Waals surface area contributed by atoms with Gasteiger partial charge in [0.15, 0.2) is 0 Å². The minimum absolute atomic E-state index is 0.0900. The Morgan fingerprint density at radius 1 is 0.938 bits per heavy atom. The molecule has 8 nitrogen and oxygen atoms in total. The molecule has 1 aliphatic heterocycles. The third kappa shape index (κ3) is 3.53. The monoisotopic (exact) mass is 429 g/mol. The molecular formula is C24H23N5O3. The molecule has 0 bridgehead atoms. The standard InChI is InChI=1S/C24H23N5O3/c1-4-28(5-2)22(30)16-10-11-19(27-14-16)21-20(25-12-13-26-21)15(3)29-23(31)17-8-6-7-9-18(17)24(29)32/h6-15H,4-5H2,1-3H3. The summed E-state index contributed by atoms with van der Waals surface area (Å²) in [6, 6.07) is 9.52. The molecule has 32 heavy (non-hydrogen) atoms. The molecule has 0 spiro atoms. The van der Waals surface area contributed by atoms with E-state index in [0.29, 0.717) is 46.9 Å². The summed E-state index contributed by atoms with van der Waals surface area (Å²) in [5.41, 5.74) is 2.67. The second-order valence-electron chi connectivity index (χ2n) is 7.40. The smallest absolute Gasteiger partial charge is 0.262 e. The van der Waals surface area contributed by atoms with Gasteiger partial charge in [-0.1, -0.05) is 12.1 Å². The van der Waals surface area contributed by atoms with Crippen molar-refractivity contribution in [2.24, 2.45) is 0 Å². The molecule has 0 fully saturated rings. The zero-order valence-electron chi connectivity index (χ0n) is 18.1. The predicted octanol–water partition coefficient (Wildman–Crippen LogP) is 3.38. The van der Waals surface area contributed by atoms with Crippen LogP contribution in [0.2, 0.25) is 0 Å². The lowest BCUT2D eigenvalue weighted by molar-refractivity contribution is 0.0591. The van der Waals surface area contributed by atoms with Crippen LogP contribution in [0.3, 0.4) is 0 Å². The first-order valence-electron chi connectivity index (χ1n) is 10.5. The van der Waals surface area contributed by atoms with E-state index in [1.165, 1.54) is 23.5 Å². The molecule has 0 aliphatic carbocycles. The van der Waals surface area contributed by atoms with Crippen LogP contribution in [0.15, 0.2) is 55.0 Å². The van der Waals surface area contributed by atoms with Crippen molar-refractivity contribution in [1.82, 2.24) is 24.8 Å². The van der Waals surface area contributed by atoms with Crippen LogP contribution in [0.5, 0.6) is 0 Å². The first-order valence-corrected chi connectivity index (χ1v) is 10.5. The Labute approximate surface area is 185 Å². The number of carbonyl (C=O) groups is 3. The van der Waals surface area contributed by atoms with Gasteiger partial charge in [0, 0.05) is 31.7 Å². The minimum atomic E-state index is -0.648. The molecular weight excluding hydrogens is 406 g/mol. The molecule has 0 N–H and O–H groups in total. The van der Waals surface area contributed by atoms with Crippen molar-refractivity contribution < 1.29 is 14.4 Å². The van der Waals surface area contributed by atoms with Crippen molar-refractivity contribution >= 4 is 17.7 Å². The molecule has 0 saturated carbocycles. The average Bonchev–Trinajstić information content (AvgIpc) is 3.09. The van der Waals surface area contributed by atoms with Crippen LogP contribution in [0.4, 0.5) is 0 Å². The number of fused-ring (bicyclic) bond motifs is 1. The van der Waals surface area contributed by atoms with Crippen molar-refractivity contribution in [3.05, 3.63) is 77.4 Å². The lowest BCUT2D eigenvalue weighted by Gasteiger charge is -2.23. The van der Waals surface area contributed by atoms with Crippen LogP contribution in [0, 0.1) is 0 Å².